The van der Waals surface area contributed by atoms with Crippen LogP contribution in [0.3, 0.4) is 0 Å². The molecule has 15 heavy (non-hydrogen) atoms. The van der Waals surface area contributed by atoms with Crippen LogP contribution in [-0.4, -0.2) is 39.8 Å². The SMILES string of the molecule is CNCCC(CCCCC(=O)OC)NC. The number of hydrogen-bond donors (Lipinski definition) is 2. The molecule has 0 aliphatic carbocycles. The highest BCUT2D eigenvalue weighted by Crippen LogP contribution is 2.06. The zero-order valence-corrected chi connectivity index (χ0v) is 10.1. The Morgan fingerprint density at radius 1 is 1.27 bits per heavy atom. The first-order valence-electron chi connectivity index (χ1n) is 5.63. The predicted molar refractivity (Wildman–Crippen MR) is 61.9 cm³/mol. The second kappa shape index (κ2) is 9.93. The number of nitrogens with one attached hydrogen (secondary N) is 2. The fraction of sp³-hybridized carbons (Fsp3) is 0.909. The molecular weight excluding hydrogens is 192 g/mol. The number of methoxy groups -OCH3 is 1. The van der Waals surface area contributed by atoms with Gasteiger partial charge in [-0.1, -0.05) is 6.42 Å². The summed E-state index contributed by atoms with van der Waals surface area (Å²) in [4.78, 5) is 10.9. The molecule has 4 heteroatoms. The molecular formula is C11H24N2O2. The first-order valence-corrected chi connectivity index (χ1v) is 5.63. The summed E-state index contributed by atoms with van der Waals surface area (Å²) in [5, 5.41) is 6.42. The number of carbonyl (C=O) groups excluding carboxylic acids is 1. The normalized spacial score (nSPS) is 12.5. The Bertz CT molecular complexity index is 163. The van der Waals surface area contributed by atoms with Gasteiger partial charge >= 0.3 is 5.97 Å². The van der Waals surface area contributed by atoms with Crippen molar-refractivity contribution in [2.24, 2.45) is 0 Å². The van der Waals surface area contributed by atoms with Crippen molar-refractivity contribution in [2.45, 2.75) is 38.1 Å². The molecule has 2 N–H and O–H groups in total. The second-order valence-electron chi connectivity index (χ2n) is 3.70. The molecule has 1 atom stereocenters. The van der Waals surface area contributed by atoms with Crippen LogP contribution in [0.4, 0.5) is 0 Å². The zero-order chi connectivity index (χ0) is 11.5. The van der Waals surface area contributed by atoms with Crippen molar-refractivity contribution in [1.82, 2.24) is 10.6 Å². The van der Waals surface area contributed by atoms with Crippen LogP contribution in [-0.2, 0) is 9.53 Å². The second-order valence-corrected chi connectivity index (χ2v) is 3.70. The van der Waals surface area contributed by atoms with Crippen LogP contribution in [0.25, 0.3) is 0 Å². The fourth-order valence-electron chi connectivity index (χ4n) is 1.51. The molecule has 0 amide bonds. The maximum atomic E-state index is 10.9. The fourth-order valence-corrected chi connectivity index (χ4v) is 1.51. The van der Waals surface area contributed by atoms with Crippen molar-refractivity contribution in [3.8, 4) is 0 Å². The molecule has 0 spiro atoms. The number of ether oxygens (including phenoxy) is 1. The standard InChI is InChI=1S/C11H24N2O2/c1-12-9-8-10(13-2)6-4-5-7-11(14)15-3/h10,12-13H,4-9H2,1-3H3. The minimum Gasteiger partial charge on any atom is -0.469 e. The van der Waals surface area contributed by atoms with E-state index in [9.17, 15) is 4.79 Å². The van der Waals surface area contributed by atoms with Crippen molar-refractivity contribution in [3.63, 3.8) is 0 Å². The Balaban J connectivity index is 3.41. The van der Waals surface area contributed by atoms with Gasteiger partial charge in [-0.3, -0.25) is 4.79 Å². The van der Waals surface area contributed by atoms with Crippen molar-refractivity contribution < 1.29 is 9.53 Å². The Hall–Kier alpha value is -0.610. The van der Waals surface area contributed by atoms with E-state index in [1.54, 1.807) is 0 Å². The lowest BCUT2D eigenvalue weighted by molar-refractivity contribution is -0.140. The van der Waals surface area contributed by atoms with Gasteiger partial charge in [-0.15, -0.1) is 0 Å². The maximum absolute atomic E-state index is 10.9. The Morgan fingerprint density at radius 3 is 2.53 bits per heavy atom. The van der Waals surface area contributed by atoms with Gasteiger partial charge in [0.2, 0.25) is 0 Å². The third-order valence-electron chi connectivity index (χ3n) is 2.56. The van der Waals surface area contributed by atoms with Gasteiger partial charge in [-0.05, 0) is 39.9 Å². The highest BCUT2D eigenvalue weighted by molar-refractivity contribution is 5.68. The maximum Gasteiger partial charge on any atom is 0.305 e. The van der Waals surface area contributed by atoms with E-state index in [0.717, 1.165) is 32.2 Å². The van der Waals surface area contributed by atoms with E-state index in [1.807, 2.05) is 14.1 Å². The minimum atomic E-state index is -0.105. The largest absolute Gasteiger partial charge is 0.469 e. The van der Waals surface area contributed by atoms with E-state index in [2.05, 4.69) is 15.4 Å². The number of esters is 1. The molecule has 0 aromatic carbocycles. The number of hydrogen-bond acceptors (Lipinski definition) is 4. The molecule has 0 radical (unpaired) electrons. The molecule has 0 saturated carbocycles. The van der Waals surface area contributed by atoms with E-state index in [0.29, 0.717) is 12.5 Å². The molecule has 0 heterocycles. The van der Waals surface area contributed by atoms with Gasteiger partial charge in [-0.25, -0.2) is 0 Å². The summed E-state index contributed by atoms with van der Waals surface area (Å²) in [5.41, 5.74) is 0. The van der Waals surface area contributed by atoms with Gasteiger partial charge in [0, 0.05) is 12.5 Å². The Morgan fingerprint density at radius 2 is 2.00 bits per heavy atom. The van der Waals surface area contributed by atoms with E-state index >= 15 is 0 Å². The molecule has 0 fully saturated rings. The van der Waals surface area contributed by atoms with Crippen molar-refractivity contribution in [1.29, 1.82) is 0 Å². The molecule has 0 aromatic rings. The van der Waals surface area contributed by atoms with Crippen molar-refractivity contribution in [3.05, 3.63) is 0 Å². The van der Waals surface area contributed by atoms with Gasteiger partial charge < -0.3 is 15.4 Å². The van der Waals surface area contributed by atoms with Crippen LogP contribution in [0.5, 0.6) is 0 Å². The molecule has 0 saturated heterocycles. The first kappa shape index (κ1) is 14.4. The lowest BCUT2D eigenvalue weighted by Gasteiger charge is -2.15. The molecule has 0 bridgehead atoms. The van der Waals surface area contributed by atoms with Crippen LogP contribution < -0.4 is 10.6 Å². The van der Waals surface area contributed by atoms with Gasteiger partial charge in [0.1, 0.15) is 0 Å². The lowest BCUT2D eigenvalue weighted by Crippen LogP contribution is -2.28. The van der Waals surface area contributed by atoms with E-state index in [1.165, 1.54) is 7.11 Å². The van der Waals surface area contributed by atoms with E-state index < -0.39 is 0 Å². The third-order valence-corrected chi connectivity index (χ3v) is 2.56. The van der Waals surface area contributed by atoms with Gasteiger partial charge in [0.05, 0.1) is 7.11 Å². The minimum absolute atomic E-state index is 0.105. The number of carbonyl (C=O) groups is 1. The molecule has 0 aromatic heterocycles. The van der Waals surface area contributed by atoms with Crippen LogP contribution in [0.15, 0.2) is 0 Å². The first-order chi connectivity index (χ1) is 7.24. The molecule has 0 rings (SSSR count). The summed E-state index contributed by atoms with van der Waals surface area (Å²) in [6, 6.07) is 0.551. The van der Waals surface area contributed by atoms with E-state index in [-0.39, 0.29) is 5.97 Å². The molecule has 90 valence electrons. The molecule has 1 unspecified atom stereocenters. The zero-order valence-electron chi connectivity index (χ0n) is 10.1. The van der Waals surface area contributed by atoms with Crippen LogP contribution in [0.1, 0.15) is 32.1 Å². The van der Waals surface area contributed by atoms with Gasteiger partial charge in [-0.2, -0.15) is 0 Å². The highest BCUT2D eigenvalue weighted by Gasteiger charge is 2.06. The summed E-state index contributed by atoms with van der Waals surface area (Å²) in [6.07, 6.45) is 4.79. The quantitative estimate of drug-likeness (QED) is 0.444. The van der Waals surface area contributed by atoms with Crippen molar-refractivity contribution in [2.75, 3.05) is 27.7 Å². The summed E-state index contributed by atoms with van der Waals surface area (Å²) >= 11 is 0. The Labute approximate surface area is 92.8 Å². The summed E-state index contributed by atoms with van der Waals surface area (Å²) in [5.74, 6) is -0.105. The average Bonchev–Trinajstić information content (AvgIpc) is 2.27. The van der Waals surface area contributed by atoms with Crippen molar-refractivity contribution >= 4 is 5.97 Å². The highest BCUT2D eigenvalue weighted by atomic mass is 16.5. The summed E-state index contributed by atoms with van der Waals surface area (Å²) in [7, 11) is 5.39. The monoisotopic (exact) mass is 216 g/mol. The number of rotatable bonds is 9. The lowest BCUT2D eigenvalue weighted by atomic mass is 10.1. The summed E-state index contributed by atoms with van der Waals surface area (Å²) < 4.78 is 4.58. The van der Waals surface area contributed by atoms with Crippen LogP contribution >= 0.6 is 0 Å². The topological polar surface area (TPSA) is 50.4 Å². The van der Waals surface area contributed by atoms with E-state index in [4.69, 9.17) is 0 Å². The van der Waals surface area contributed by atoms with Gasteiger partial charge in [0.25, 0.3) is 0 Å². The van der Waals surface area contributed by atoms with Gasteiger partial charge in [0.15, 0.2) is 0 Å². The molecule has 4 nitrogen and oxygen atoms in total. The average molecular weight is 216 g/mol. The third kappa shape index (κ3) is 8.39. The predicted octanol–water partition coefficient (Wildman–Crippen LogP) is 0.917. The Kier molecular flexibility index (Phi) is 9.52. The summed E-state index contributed by atoms with van der Waals surface area (Å²) in [6.45, 7) is 1.03. The molecule has 0 aliphatic rings. The number of unbranched alkanes of at least 4 members (excludes halogenated alkanes) is 1. The van der Waals surface area contributed by atoms with Crippen LogP contribution in [0, 0.1) is 0 Å². The van der Waals surface area contributed by atoms with Crippen LogP contribution in [0.2, 0.25) is 0 Å². The smallest absolute Gasteiger partial charge is 0.305 e. The molecule has 0 aliphatic heterocycles.